The molecule has 1 aliphatic carbocycles. The number of hydrogen-bond acceptors (Lipinski definition) is 2. The molecule has 0 radical (unpaired) electrons. The van der Waals surface area contributed by atoms with Gasteiger partial charge in [0, 0.05) is 6.54 Å². The average molecular weight is 237 g/mol. The van der Waals surface area contributed by atoms with Crippen molar-refractivity contribution < 1.29 is 4.79 Å². The van der Waals surface area contributed by atoms with Crippen molar-refractivity contribution in [3.05, 3.63) is 0 Å². The zero-order valence-corrected chi connectivity index (χ0v) is 11.0. The SMILES string of the molecule is CC(C)CN1C(=O)NC(=N)C12CCCCC2C. The Labute approximate surface area is 103 Å². The standard InChI is InChI=1S/C13H23N3O/c1-9(2)8-16-12(17)15-11(14)13(16)7-5-4-6-10(13)3/h9-10H,4-8H2,1-3H3,(H2,14,15,17). The predicted octanol–water partition coefficient (Wildman–Crippen LogP) is 2.59. The third-order valence-electron chi connectivity index (χ3n) is 4.20. The predicted molar refractivity (Wildman–Crippen MR) is 68.2 cm³/mol. The summed E-state index contributed by atoms with van der Waals surface area (Å²) in [4.78, 5) is 13.9. The molecule has 17 heavy (non-hydrogen) atoms. The highest BCUT2D eigenvalue weighted by Crippen LogP contribution is 2.41. The minimum absolute atomic E-state index is 0.0718. The second kappa shape index (κ2) is 4.31. The molecule has 0 aromatic heterocycles. The van der Waals surface area contributed by atoms with Crippen LogP contribution in [0.3, 0.4) is 0 Å². The number of amidine groups is 1. The quantitative estimate of drug-likeness (QED) is 0.762. The molecule has 96 valence electrons. The molecule has 2 fully saturated rings. The molecule has 2 aliphatic rings. The van der Waals surface area contributed by atoms with Crippen LogP contribution in [0.25, 0.3) is 0 Å². The number of carbonyl (C=O) groups is 1. The maximum Gasteiger partial charge on any atom is 0.323 e. The lowest BCUT2D eigenvalue weighted by molar-refractivity contribution is 0.0963. The van der Waals surface area contributed by atoms with Crippen molar-refractivity contribution in [3.63, 3.8) is 0 Å². The van der Waals surface area contributed by atoms with E-state index >= 15 is 0 Å². The van der Waals surface area contributed by atoms with E-state index in [2.05, 4.69) is 26.1 Å². The summed E-state index contributed by atoms with van der Waals surface area (Å²) in [5.74, 6) is 1.26. The van der Waals surface area contributed by atoms with Gasteiger partial charge in [-0.15, -0.1) is 0 Å². The minimum Gasteiger partial charge on any atom is -0.311 e. The minimum atomic E-state index is -0.334. The highest BCUT2D eigenvalue weighted by Gasteiger charge is 2.54. The molecule has 1 spiro atoms. The van der Waals surface area contributed by atoms with Crippen LogP contribution in [0.4, 0.5) is 4.79 Å². The molecule has 1 saturated heterocycles. The zero-order chi connectivity index (χ0) is 12.6. The number of urea groups is 1. The lowest BCUT2D eigenvalue weighted by atomic mass is 9.72. The number of nitrogens with zero attached hydrogens (tertiary/aromatic N) is 1. The van der Waals surface area contributed by atoms with Crippen LogP contribution >= 0.6 is 0 Å². The Bertz CT molecular complexity index is 340. The summed E-state index contributed by atoms with van der Waals surface area (Å²) in [5, 5.41) is 10.9. The van der Waals surface area contributed by atoms with Gasteiger partial charge in [-0.05, 0) is 24.7 Å². The van der Waals surface area contributed by atoms with E-state index in [0.29, 0.717) is 17.7 Å². The summed E-state index contributed by atoms with van der Waals surface area (Å²) in [5.41, 5.74) is -0.334. The molecule has 1 heterocycles. The smallest absolute Gasteiger partial charge is 0.311 e. The fourth-order valence-electron chi connectivity index (χ4n) is 3.31. The maximum absolute atomic E-state index is 12.0. The van der Waals surface area contributed by atoms with E-state index < -0.39 is 0 Å². The molecular weight excluding hydrogens is 214 g/mol. The van der Waals surface area contributed by atoms with Crippen molar-refractivity contribution in [1.82, 2.24) is 10.2 Å². The van der Waals surface area contributed by atoms with Gasteiger partial charge < -0.3 is 4.90 Å². The summed E-state index contributed by atoms with van der Waals surface area (Å²) >= 11 is 0. The van der Waals surface area contributed by atoms with E-state index in [9.17, 15) is 4.79 Å². The Morgan fingerprint density at radius 3 is 2.82 bits per heavy atom. The van der Waals surface area contributed by atoms with E-state index in [1.165, 1.54) is 6.42 Å². The number of hydrogen-bond donors (Lipinski definition) is 2. The summed E-state index contributed by atoms with van der Waals surface area (Å²) < 4.78 is 0. The van der Waals surface area contributed by atoms with Crippen LogP contribution in [0, 0.1) is 17.2 Å². The van der Waals surface area contributed by atoms with Crippen molar-refractivity contribution in [2.45, 2.75) is 52.0 Å². The number of amides is 2. The Kier molecular flexibility index (Phi) is 3.15. The molecule has 2 atom stereocenters. The van der Waals surface area contributed by atoms with Gasteiger partial charge in [0.15, 0.2) is 0 Å². The third kappa shape index (κ3) is 1.83. The maximum atomic E-state index is 12.0. The lowest BCUT2D eigenvalue weighted by Gasteiger charge is -2.45. The first kappa shape index (κ1) is 12.4. The topological polar surface area (TPSA) is 56.2 Å². The van der Waals surface area contributed by atoms with Crippen LogP contribution in [0.1, 0.15) is 46.5 Å². The molecule has 4 heteroatoms. The van der Waals surface area contributed by atoms with Crippen LogP contribution in [0.5, 0.6) is 0 Å². The van der Waals surface area contributed by atoms with Crippen molar-refractivity contribution in [3.8, 4) is 0 Å². The second-order valence-electron chi connectivity index (χ2n) is 5.88. The first-order chi connectivity index (χ1) is 7.98. The van der Waals surface area contributed by atoms with E-state index in [1.807, 2.05) is 4.90 Å². The van der Waals surface area contributed by atoms with Gasteiger partial charge in [-0.2, -0.15) is 0 Å². The first-order valence-electron chi connectivity index (χ1n) is 6.66. The van der Waals surface area contributed by atoms with E-state index in [0.717, 1.165) is 25.8 Å². The largest absolute Gasteiger partial charge is 0.323 e. The molecule has 2 rings (SSSR count). The van der Waals surface area contributed by atoms with Gasteiger partial charge in [0.05, 0.1) is 0 Å². The van der Waals surface area contributed by atoms with E-state index in [4.69, 9.17) is 5.41 Å². The molecule has 2 unspecified atom stereocenters. The third-order valence-corrected chi connectivity index (χ3v) is 4.20. The van der Waals surface area contributed by atoms with Gasteiger partial charge in [0.2, 0.25) is 0 Å². The fraction of sp³-hybridized carbons (Fsp3) is 0.846. The lowest BCUT2D eigenvalue weighted by Crippen LogP contribution is -2.56. The molecule has 0 aromatic rings. The summed E-state index contributed by atoms with van der Waals surface area (Å²) in [6.07, 6.45) is 4.40. The Morgan fingerprint density at radius 2 is 2.24 bits per heavy atom. The molecule has 2 amide bonds. The van der Waals surface area contributed by atoms with Gasteiger partial charge in [-0.3, -0.25) is 10.7 Å². The number of rotatable bonds is 2. The van der Waals surface area contributed by atoms with Crippen molar-refractivity contribution in [1.29, 1.82) is 5.41 Å². The molecule has 1 saturated carbocycles. The van der Waals surface area contributed by atoms with Gasteiger partial charge in [0.25, 0.3) is 0 Å². The number of nitrogens with one attached hydrogen (secondary N) is 2. The van der Waals surface area contributed by atoms with Crippen molar-refractivity contribution in [2.75, 3.05) is 6.54 Å². The normalized spacial score (nSPS) is 33.6. The summed E-state index contributed by atoms with van der Waals surface area (Å²) in [6, 6.07) is -0.0718. The second-order valence-corrected chi connectivity index (χ2v) is 5.88. The Balaban J connectivity index is 2.32. The van der Waals surface area contributed by atoms with Crippen LogP contribution in [-0.2, 0) is 0 Å². The molecule has 0 aromatic carbocycles. The monoisotopic (exact) mass is 237 g/mol. The van der Waals surface area contributed by atoms with Crippen LogP contribution in [0.15, 0.2) is 0 Å². The van der Waals surface area contributed by atoms with Gasteiger partial charge >= 0.3 is 6.03 Å². The van der Waals surface area contributed by atoms with E-state index in [1.54, 1.807) is 0 Å². The van der Waals surface area contributed by atoms with Gasteiger partial charge in [-0.25, -0.2) is 4.79 Å². The van der Waals surface area contributed by atoms with E-state index in [-0.39, 0.29) is 11.6 Å². The first-order valence-corrected chi connectivity index (χ1v) is 6.66. The Morgan fingerprint density at radius 1 is 1.53 bits per heavy atom. The molecule has 2 N–H and O–H groups in total. The summed E-state index contributed by atoms with van der Waals surface area (Å²) in [6.45, 7) is 7.17. The summed E-state index contributed by atoms with van der Waals surface area (Å²) in [7, 11) is 0. The fourth-order valence-corrected chi connectivity index (χ4v) is 3.31. The van der Waals surface area contributed by atoms with Crippen LogP contribution in [-0.4, -0.2) is 28.9 Å². The zero-order valence-electron chi connectivity index (χ0n) is 11.0. The van der Waals surface area contributed by atoms with Crippen molar-refractivity contribution >= 4 is 11.9 Å². The van der Waals surface area contributed by atoms with Gasteiger partial charge in [0.1, 0.15) is 11.4 Å². The molecule has 0 bridgehead atoms. The highest BCUT2D eigenvalue weighted by molar-refractivity contribution is 6.08. The Hall–Kier alpha value is -1.06. The van der Waals surface area contributed by atoms with Crippen molar-refractivity contribution in [2.24, 2.45) is 11.8 Å². The number of carbonyl (C=O) groups excluding carboxylic acids is 1. The molecule has 4 nitrogen and oxygen atoms in total. The average Bonchev–Trinajstić information content (AvgIpc) is 2.47. The molecule has 1 aliphatic heterocycles. The molecular formula is C13H23N3O. The van der Waals surface area contributed by atoms with Crippen LogP contribution in [0.2, 0.25) is 0 Å². The highest BCUT2D eigenvalue weighted by atomic mass is 16.2. The van der Waals surface area contributed by atoms with Crippen LogP contribution < -0.4 is 5.32 Å². The van der Waals surface area contributed by atoms with Gasteiger partial charge in [-0.1, -0.05) is 33.6 Å².